The topological polar surface area (TPSA) is 117 Å². The molecule has 0 fully saturated rings. The summed E-state index contributed by atoms with van der Waals surface area (Å²) in [5.41, 5.74) is 0.773. The Morgan fingerprint density at radius 3 is 2.58 bits per heavy atom. The van der Waals surface area contributed by atoms with Crippen molar-refractivity contribution in [2.45, 2.75) is 12.8 Å². The standard InChI is InChI=1S/C17H12BrNO6S/c18-9-1-2-11-8(5-9)6-12(25-11)13-7-10(16(26-13)17(23)24)19-14(20)3-4-15(21)22/h1-2,5-7H,3-4H2,(H,19,20)(H,21,22)(H,23,24). The van der Waals surface area contributed by atoms with Gasteiger partial charge in [-0.05, 0) is 30.3 Å². The number of rotatable bonds is 6. The number of carboxylic acid groups (broad SMARTS) is 2. The largest absolute Gasteiger partial charge is 0.481 e. The summed E-state index contributed by atoms with van der Waals surface area (Å²) in [6.45, 7) is 0. The van der Waals surface area contributed by atoms with Gasteiger partial charge in [-0.2, -0.15) is 0 Å². The van der Waals surface area contributed by atoms with Crippen LogP contribution in [0.3, 0.4) is 0 Å². The summed E-state index contributed by atoms with van der Waals surface area (Å²) in [5, 5.41) is 21.3. The molecule has 0 aliphatic carbocycles. The lowest BCUT2D eigenvalue weighted by Gasteiger charge is -2.02. The Morgan fingerprint density at radius 1 is 1.12 bits per heavy atom. The number of aromatic carboxylic acids is 1. The van der Waals surface area contributed by atoms with Crippen LogP contribution in [0.1, 0.15) is 22.5 Å². The van der Waals surface area contributed by atoms with Gasteiger partial charge in [0.2, 0.25) is 5.91 Å². The van der Waals surface area contributed by atoms with Crippen LogP contribution in [0.15, 0.2) is 39.2 Å². The minimum absolute atomic E-state index is 0.0506. The molecule has 0 saturated carbocycles. The van der Waals surface area contributed by atoms with Crippen LogP contribution in [0.25, 0.3) is 21.6 Å². The van der Waals surface area contributed by atoms with E-state index in [9.17, 15) is 19.5 Å². The number of anilines is 1. The first-order valence-corrected chi connectivity index (χ1v) is 9.02. The van der Waals surface area contributed by atoms with Crippen LogP contribution in [-0.4, -0.2) is 28.1 Å². The summed E-state index contributed by atoms with van der Waals surface area (Å²) >= 11 is 4.35. The van der Waals surface area contributed by atoms with Gasteiger partial charge in [0.05, 0.1) is 17.0 Å². The van der Waals surface area contributed by atoms with E-state index in [2.05, 4.69) is 21.2 Å². The van der Waals surface area contributed by atoms with Crippen LogP contribution in [0.5, 0.6) is 0 Å². The molecule has 0 atom stereocenters. The number of amides is 1. The van der Waals surface area contributed by atoms with Crippen molar-refractivity contribution in [2.24, 2.45) is 0 Å². The molecule has 0 aliphatic rings. The van der Waals surface area contributed by atoms with E-state index in [1.807, 2.05) is 12.1 Å². The third-order valence-corrected chi connectivity index (χ3v) is 5.12. The van der Waals surface area contributed by atoms with E-state index >= 15 is 0 Å². The number of halogens is 1. The van der Waals surface area contributed by atoms with Gasteiger partial charge in [0.15, 0.2) is 0 Å². The fourth-order valence-electron chi connectivity index (χ4n) is 2.33. The number of fused-ring (bicyclic) bond motifs is 1. The molecule has 1 amide bonds. The predicted octanol–water partition coefficient (Wildman–Crippen LogP) is 4.43. The number of benzene rings is 1. The van der Waals surface area contributed by atoms with Crippen molar-refractivity contribution in [2.75, 3.05) is 5.32 Å². The van der Waals surface area contributed by atoms with Gasteiger partial charge in [-0.25, -0.2) is 4.79 Å². The first-order chi connectivity index (χ1) is 12.3. The van der Waals surface area contributed by atoms with Crippen molar-refractivity contribution >= 4 is 61.8 Å². The fourth-order valence-corrected chi connectivity index (χ4v) is 3.62. The van der Waals surface area contributed by atoms with Gasteiger partial charge >= 0.3 is 11.9 Å². The van der Waals surface area contributed by atoms with Crippen LogP contribution in [-0.2, 0) is 9.59 Å². The van der Waals surface area contributed by atoms with E-state index in [1.54, 1.807) is 12.1 Å². The molecule has 3 aromatic rings. The lowest BCUT2D eigenvalue weighted by Crippen LogP contribution is -2.14. The molecule has 1 aromatic carbocycles. The molecule has 3 N–H and O–H groups in total. The molecule has 3 rings (SSSR count). The summed E-state index contributed by atoms with van der Waals surface area (Å²) in [5.74, 6) is -2.36. The third-order valence-electron chi connectivity index (χ3n) is 3.49. The number of carbonyl (C=O) groups is 3. The van der Waals surface area contributed by atoms with E-state index in [1.165, 1.54) is 6.07 Å². The lowest BCUT2D eigenvalue weighted by molar-refractivity contribution is -0.138. The van der Waals surface area contributed by atoms with Gasteiger partial charge < -0.3 is 19.9 Å². The molecule has 2 aromatic heterocycles. The number of carboxylic acids is 2. The molecular formula is C17H12BrNO6S. The minimum Gasteiger partial charge on any atom is -0.481 e. The number of hydrogen-bond donors (Lipinski definition) is 3. The molecule has 0 unspecified atom stereocenters. The Hall–Kier alpha value is -2.65. The first kappa shape index (κ1) is 18.2. The maximum Gasteiger partial charge on any atom is 0.348 e. The molecule has 26 heavy (non-hydrogen) atoms. The summed E-state index contributed by atoms with van der Waals surface area (Å²) in [7, 11) is 0. The van der Waals surface area contributed by atoms with Crippen molar-refractivity contribution in [1.82, 2.24) is 0 Å². The monoisotopic (exact) mass is 437 g/mol. The average Bonchev–Trinajstić information content (AvgIpc) is 3.16. The molecule has 2 heterocycles. The van der Waals surface area contributed by atoms with Crippen molar-refractivity contribution in [3.05, 3.63) is 39.7 Å². The normalized spacial score (nSPS) is 10.8. The molecule has 7 nitrogen and oxygen atoms in total. The third kappa shape index (κ3) is 3.94. The zero-order valence-corrected chi connectivity index (χ0v) is 15.5. The van der Waals surface area contributed by atoms with Gasteiger partial charge in [0.25, 0.3) is 0 Å². The van der Waals surface area contributed by atoms with E-state index in [0.29, 0.717) is 16.2 Å². The zero-order chi connectivity index (χ0) is 18.8. The summed E-state index contributed by atoms with van der Waals surface area (Å²) in [6, 6.07) is 8.81. The molecule has 0 spiro atoms. The number of thiophene rings is 1. The quantitative estimate of drug-likeness (QED) is 0.525. The van der Waals surface area contributed by atoms with Crippen LogP contribution < -0.4 is 5.32 Å². The van der Waals surface area contributed by atoms with Crippen molar-refractivity contribution < 1.29 is 29.0 Å². The Kier molecular flexibility index (Phi) is 5.10. The average molecular weight is 438 g/mol. The van der Waals surface area contributed by atoms with Gasteiger partial charge in [-0.3, -0.25) is 9.59 Å². The second kappa shape index (κ2) is 7.30. The first-order valence-electron chi connectivity index (χ1n) is 7.41. The maximum absolute atomic E-state index is 11.8. The highest BCUT2D eigenvalue weighted by Gasteiger charge is 2.20. The Morgan fingerprint density at radius 2 is 1.88 bits per heavy atom. The smallest absolute Gasteiger partial charge is 0.348 e. The van der Waals surface area contributed by atoms with Crippen LogP contribution in [0.4, 0.5) is 5.69 Å². The van der Waals surface area contributed by atoms with E-state index < -0.39 is 17.8 Å². The van der Waals surface area contributed by atoms with Gasteiger partial charge in [0, 0.05) is 16.3 Å². The second-order valence-corrected chi connectivity index (χ2v) is 7.36. The molecular weight excluding hydrogens is 426 g/mol. The highest BCUT2D eigenvalue weighted by Crippen LogP contribution is 2.38. The van der Waals surface area contributed by atoms with Crippen LogP contribution >= 0.6 is 27.3 Å². The summed E-state index contributed by atoms with van der Waals surface area (Å²) in [6.07, 6.45) is -0.568. The summed E-state index contributed by atoms with van der Waals surface area (Å²) < 4.78 is 6.64. The molecule has 0 bridgehead atoms. The van der Waals surface area contributed by atoms with Crippen molar-refractivity contribution in [1.29, 1.82) is 0 Å². The molecule has 9 heteroatoms. The highest BCUT2D eigenvalue weighted by molar-refractivity contribution is 9.10. The van der Waals surface area contributed by atoms with Crippen molar-refractivity contribution in [3.8, 4) is 10.6 Å². The summed E-state index contributed by atoms with van der Waals surface area (Å²) in [4.78, 5) is 34.3. The van der Waals surface area contributed by atoms with Gasteiger partial charge in [0.1, 0.15) is 16.2 Å². The molecule has 0 radical (unpaired) electrons. The number of hydrogen-bond acceptors (Lipinski definition) is 5. The minimum atomic E-state index is -1.19. The zero-order valence-electron chi connectivity index (χ0n) is 13.1. The number of carbonyl (C=O) groups excluding carboxylic acids is 1. The Balaban J connectivity index is 1.91. The molecule has 0 aliphatic heterocycles. The SMILES string of the molecule is O=C(O)CCC(=O)Nc1cc(-c2cc3cc(Br)ccc3o2)sc1C(=O)O. The van der Waals surface area contributed by atoms with E-state index in [0.717, 1.165) is 21.2 Å². The van der Waals surface area contributed by atoms with Crippen molar-refractivity contribution in [3.63, 3.8) is 0 Å². The Labute approximate surface area is 159 Å². The maximum atomic E-state index is 11.8. The number of furan rings is 1. The fraction of sp³-hybridized carbons (Fsp3) is 0.118. The van der Waals surface area contributed by atoms with Gasteiger partial charge in [-0.1, -0.05) is 15.9 Å². The van der Waals surface area contributed by atoms with E-state index in [-0.39, 0.29) is 23.4 Å². The number of aliphatic carboxylic acids is 1. The van der Waals surface area contributed by atoms with Crippen LogP contribution in [0.2, 0.25) is 0 Å². The lowest BCUT2D eigenvalue weighted by atomic mass is 10.2. The van der Waals surface area contributed by atoms with Gasteiger partial charge in [-0.15, -0.1) is 11.3 Å². The predicted molar refractivity (Wildman–Crippen MR) is 99.7 cm³/mol. The Bertz CT molecular complexity index is 1020. The molecule has 134 valence electrons. The van der Waals surface area contributed by atoms with Crippen LogP contribution in [0, 0.1) is 0 Å². The second-order valence-electron chi connectivity index (χ2n) is 5.39. The number of nitrogens with one attached hydrogen (secondary N) is 1. The molecule has 0 saturated heterocycles. The highest BCUT2D eigenvalue weighted by atomic mass is 79.9. The van der Waals surface area contributed by atoms with E-state index in [4.69, 9.17) is 9.52 Å².